The van der Waals surface area contributed by atoms with E-state index in [0.717, 1.165) is 79.3 Å². The number of aliphatic carboxylic acids is 1. The van der Waals surface area contributed by atoms with Gasteiger partial charge in [-0.3, -0.25) is 18.9 Å². The summed E-state index contributed by atoms with van der Waals surface area (Å²) in [5, 5.41) is 24.9. The Labute approximate surface area is 239 Å². The van der Waals surface area contributed by atoms with E-state index in [-0.39, 0.29) is 17.6 Å². The van der Waals surface area contributed by atoms with Crippen molar-refractivity contribution >= 4 is 5.97 Å². The smallest absolute Gasteiger partial charge is 0.328 e. The maximum Gasteiger partial charge on any atom is 0.328 e. The van der Waals surface area contributed by atoms with Gasteiger partial charge in [0.1, 0.15) is 0 Å². The number of aromatic nitrogens is 7. The number of nitrogens with zero attached hydrogens (tertiary/aromatic N) is 6. The Morgan fingerprint density at radius 2 is 1.88 bits per heavy atom. The van der Waals surface area contributed by atoms with Gasteiger partial charge in [-0.1, -0.05) is 70.2 Å². The third-order valence-electron chi connectivity index (χ3n) is 8.56. The Morgan fingerprint density at radius 1 is 1.07 bits per heavy atom. The van der Waals surface area contributed by atoms with Crippen molar-refractivity contribution in [3.8, 4) is 22.5 Å². The lowest BCUT2D eigenvalue weighted by Gasteiger charge is -2.33. The van der Waals surface area contributed by atoms with Crippen LogP contribution in [-0.4, -0.2) is 45.8 Å². The highest BCUT2D eigenvalue weighted by atomic mass is 16.4. The second kappa shape index (κ2) is 13.1. The molecule has 216 valence electrons. The SMILES string of the molecule is CCCCc1cn(C2C(CC)CCCCCC2C(=O)O)c(=O)n1Cc1cnccc1-c1ccccc1-c1nn[nH]n1. The standard InChI is InChI=1S/C31H39N7O3/c1-3-5-12-23-20-38(28-21(4-2)11-7-6-8-15-27(28)30(39)40)31(41)37(23)19-22-18-32-17-16-24(22)25-13-9-10-14-26(25)29-33-35-36-34-29/h9-10,13-14,16-18,20-21,27-28H,3-8,11-12,15,19H2,1-2H3,(H,39,40)(H,33,34,35,36). The molecule has 1 saturated carbocycles. The first-order chi connectivity index (χ1) is 20.0. The molecule has 1 aromatic carbocycles. The van der Waals surface area contributed by atoms with Crippen molar-refractivity contribution in [1.82, 2.24) is 34.7 Å². The van der Waals surface area contributed by atoms with Gasteiger partial charge in [-0.2, -0.15) is 5.21 Å². The molecular formula is C31H39N7O3. The van der Waals surface area contributed by atoms with Crippen molar-refractivity contribution in [3.63, 3.8) is 0 Å². The summed E-state index contributed by atoms with van der Waals surface area (Å²) in [4.78, 5) is 31.2. The predicted molar refractivity (Wildman–Crippen MR) is 156 cm³/mol. The number of nitrogens with one attached hydrogen (secondary N) is 1. The van der Waals surface area contributed by atoms with Gasteiger partial charge < -0.3 is 5.11 Å². The number of pyridine rings is 1. The number of tetrazole rings is 1. The van der Waals surface area contributed by atoms with Crippen LogP contribution in [0.3, 0.4) is 0 Å². The second-order valence-electron chi connectivity index (χ2n) is 11.1. The number of unbranched alkanes of at least 4 members (excludes halogenated alkanes) is 1. The normalized spacial score (nSPS) is 19.5. The van der Waals surface area contributed by atoms with E-state index in [1.807, 2.05) is 41.1 Å². The lowest BCUT2D eigenvalue weighted by atomic mass is 9.78. The van der Waals surface area contributed by atoms with E-state index in [2.05, 4.69) is 39.5 Å². The second-order valence-corrected chi connectivity index (χ2v) is 11.1. The molecule has 0 spiro atoms. The summed E-state index contributed by atoms with van der Waals surface area (Å²) in [7, 11) is 0. The molecule has 0 bridgehead atoms. The summed E-state index contributed by atoms with van der Waals surface area (Å²) < 4.78 is 3.60. The number of imidazole rings is 1. The molecule has 41 heavy (non-hydrogen) atoms. The minimum atomic E-state index is -0.808. The zero-order valence-corrected chi connectivity index (χ0v) is 23.9. The highest BCUT2D eigenvalue weighted by molar-refractivity contribution is 5.81. The topological polar surface area (TPSA) is 132 Å². The molecule has 3 unspecified atom stereocenters. The number of rotatable bonds is 10. The molecule has 0 radical (unpaired) electrons. The van der Waals surface area contributed by atoms with Crippen LogP contribution in [0.2, 0.25) is 0 Å². The highest BCUT2D eigenvalue weighted by Crippen LogP contribution is 2.38. The molecule has 4 aromatic rings. The molecule has 1 aliphatic carbocycles. The van der Waals surface area contributed by atoms with Crippen LogP contribution >= 0.6 is 0 Å². The van der Waals surface area contributed by atoms with Gasteiger partial charge in [0, 0.05) is 29.8 Å². The first-order valence-electron chi connectivity index (χ1n) is 14.8. The lowest BCUT2D eigenvalue weighted by Crippen LogP contribution is -2.38. The first kappa shape index (κ1) is 28.4. The number of H-pyrrole nitrogens is 1. The van der Waals surface area contributed by atoms with E-state index in [0.29, 0.717) is 18.8 Å². The molecule has 10 heteroatoms. The maximum atomic E-state index is 14.3. The van der Waals surface area contributed by atoms with Crippen LogP contribution in [0, 0.1) is 11.8 Å². The molecule has 0 aliphatic heterocycles. The summed E-state index contributed by atoms with van der Waals surface area (Å²) >= 11 is 0. The number of hydrogen-bond acceptors (Lipinski definition) is 6. The van der Waals surface area contributed by atoms with E-state index >= 15 is 0 Å². The third-order valence-corrected chi connectivity index (χ3v) is 8.56. The number of benzene rings is 1. The molecule has 5 rings (SSSR count). The Hall–Kier alpha value is -4.08. The molecule has 3 aromatic heterocycles. The van der Waals surface area contributed by atoms with E-state index in [9.17, 15) is 14.7 Å². The van der Waals surface area contributed by atoms with Crippen molar-refractivity contribution in [2.75, 3.05) is 0 Å². The monoisotopic (exact) mass is 557 g/mol. The lowest BCUT2D eigenvalue weighted by molar-refractivity contribution is -0.144. The van der Waals surface area contributed by atoms with Crippen molar-refractivity contribution in [2.24, 2.45) is 11.8 Å². The summed E-state index contributed by atoms with van der Waals surface area (Å²) in [6.45, 7) is 4.58. The minimum absolute atomic E-state index is 0.139. The van der Waals surface area contributed by atoms with Crippen LogP contribution in [0.15, 0.2) is 53.7 Å². The maximum absolute atomic E-state index is 14.3. The molecule has 0 amide bonds. The Balaban J connectivity index is 1.60. The third kappa shape index (κ3) is 6.01. The summed E-state index contributed by atoms with van der Waals surface area (Å²) in [5.41, 5.74) is 4.36. The number of carboxylic acids is 1. The summed E-state index contributed by atoms with van der Waals surface area (Å²) in [5.74, 6) is -0.758. The largest absolute Gasteiger partial charge is 0.481 e. The zero-order valence-electron chi connectivity index (χ0n) is 23.9. The van der Waals surface area contributed by atoms with E-state index in [1.165, 1.54) is 0 Å². The molecule has 3 heterocycles. The fraction of sp³-hybridized carbons (Fsp3) is 0.484. The molecule has 1 fully saturated rings. The molecule has 0 saturated heterocycles. The minimum Gasteiger partial charge on any atom is -0.481 e. The molecule has 2 N–H and O–H groups in total. The van der Waals surface area contributed by atoms with Gasteiger partial charge in [-0.05, 0) is 59.6 Å². The van der Waals surface area contributed by atoms with Crippen LogP contribution in [-0.2, 0) is 17.8 Å². The van der Waals surface area contributed by atoms with Gasteiger partial charge in [0.15, 0.2) is 0 Å². The molecular weight excluding hydrogens is 518 g/mol. The Morgan fingerprint density at radius 3 is 2.61 bits per heavy atom. The number of carbonyl (C=O) groups is 1. The van der Waals surface area contributed by atoms with Crippen LogP contribution in [0.4, 0.5) is 0 Å². The van der Waals surface area contributed by atoms with Gasteiger partial charge in [0.05, 0.1) is 18.5 Å². The predicted octanol–water partition coefficient (Wildman–Crippen LogP) is 5.52. The number of aromatic amines is 1. The van der Waals surface area contributed by atoms with Crippen molar-refractivity contribution in [1.29, 1.82) is 0 Å². The van der Waals surface area contributed by atoms with Gasteiger partial charge in [-0.15, -0.1) is 10.2 Å². The van der Waals surface area contributed by atoms with Crippen molar-refractivity contribution < 1.29 is 9.90 Å². The number of carboxylic acid groups (broad SMARTS) is 1. The summed E-state index contributed by atoms with van der Waals surface area (Å²) in [6, 6.07) is 9.44. The van der Waals surface area contributed by atoms with Gasteiger partial charge in [0.25, 0.3) is 0 Å². The fourth-order valence-electron chi connectivity index (χ4n) is 6.42. The van der Waals surface area contributed by atoms with Crippen LogP contribution in [0.25, 0.3) is 22.5 Å². The van der Waals surface area contributed by atoms with Crippen LogP contribution in [0.5, 0.6) is 0 Å². The van der Waals surface area contributed by atoms with Gasteiger partial charge in [0.2, 0.25) is 5.82 Å². The number of hydrogen-bond donors (Lipinski definition) is 2. The molecule has 3 atom stereocenters. The molecule has 1 aliphatic rings. The Bertz CT molecular complexity index is 1510. The van der Waals surface area contributed by atoms with Crippen molar-refractivity contribution in [2.45, 2.75) is 84.2 Å². The highest BCUT2D eigenvalue weighted by Gasteiger charge is 2.37. The van der Waals surface area contributed by atoms with E-state index < -0.39 is 11.9 Å². The average Bonchev–Trinajstić information content (AvgIpc) is 3.61. The van der Waals surface area contributed by atoms with Gasteiger partial charge in [-0.25, -0.2) is 4.79 Å². The quantitative estimate of drug-likeness (QED) is 0.263. The van der Waals surface area contributed by atoms with Crippen molar-refractivity contribution in [3.05, 3.63) is 70.7 Å². The number of aryl methyl sites for hydroxylation is 1. The average molecular weight is 558 g/mol. The fourth-order valence-corrected chi connectivity index (χ4v) is 6.42. The Kier molecular flexibility index (Phi) is 9.06. The van der Waals surface area contributed by atoms with Crippen LogP contribution < -0.4 is 5.69 Å². The van der Waals surface area contributed by atoms with Gasteiger partial charge >= 0.3 is 11.7 Å². The zero-order chi connectivity index (χ0) is 28.8. The van der Waals surface area contributed by atoms with E-state index in [1.54, 1.807) is 17.0 Å². The van der Waals surface area contributed by atoms with Crippen LogP contribution in [0.1, 0.15) is 82.5 Å². The van der Waals surface area contributed by atoms with E-state index in [4.69, 9.17) is 0 Å². The first-order valence-corrected chi connectivity index (χ1v) is 14.8. The summed E-state index contributed by atoms with van der Waals surface area (Å²) in [6.07, 6.45) is 13.5. The molecule has 10 nitrogen and oxygen atoms in total.